The molecule has 23 heavy (non-hydrogen) atoms. The molecule has 0 saturated carbocycles. The van der Waals surface area contributed by atoms with E-state index in [1.54, 1.807) is 0 Å². The third kappa shape index (κ3) is 2.46. The number of benzene rings is 2. The summed E-state index contributed by atoms with van der Waals surface area (Å²) in [6.45, 7) is 4.31. The van der Waals surface area contributed by atoms with Crippen LogP contribution in [0, 0.1) is 13.8 Å². The van der Waals surface area contributed by atoms with Crippen LogP contribution in [0.15, 0.2) is 67.0 Å². The molecule has 2 aromatic carbocycles. The predicted octanol–water partition coefficient (Wildman–Crippen LogP) is 5.17. The molecule has 4 aromatic rings. The van der Waals surface area contributed by atoms with Crippen molar-refractivity contribution in [2.24, 2.45) is 0 Å². The highest BCUT2D eigenvalue weighted by Gasteiger charge is 2.12. The number of hydrogen-bond donors (Lipinski definition) is 1. The number of aromatic nitrogens is 2. The minimum atomic E-state index is 0.934. The zero-order chi connectivity index (χ0) is 15.8. The number of hydrogen-bond acceptors (Lipinski definition) is 0. The highest BCUT2D eigenvalue weighted by atomic mass is 14.9. The molecule has 2 heteroatoms. The van der Waals surface area contributed by atoms with E-state index >= 15 is 0 Å². The lowest BCUT2D eigenvalue weighted by Crippen LogP contribution is -2.00. The van der Waals surface area contributed by atoms with Crippen molar-refractivity contribution in [3.63, 3.8) is 0 Å². The van der Waals surface area contributed by atoms with E-state index in [9.17, 15) is 0 Å². The largest absolute Gasteiger partial charge is 0.358 e. The molecule has 1 N–H and O–H groups in total. The smallest absolute Gasteiger partial charge is 0.0487 e. The SMILES string of the molecule is Cc1ccc(Cc2c(C)[nH]c3ccccc23)c(-n2cccc2)c1. The van der Waals surface area contributed by atoms with Crippen LogP contribution in [0.4, 0.5) is 0 Å². The van der Waals surface area contributed by atoms with Crippen LogP contribution in [0.3, 0.4) is 0 Å². The Hall–Kier alpha value is -2.74. The van der Waals surface area contributed by atoms with Crippen LogP contribution < -0.4 is 0 Å². The summed E-state index contributed by atoms with van der Waals surface area (Å²) in [6.07, 6.45) is 5.16. The zero-order valence-corrected chi connectivity index (χ0v) is 13.5. The van der Waals surface area contributed by atoms with Crippen molar-refractivity contribution in [2.75, 3.05) is 0 Å². The molecule has 0 spiro atoms. The highest BCUT2D eigenvalue weighted by Crippen LogP contribution is 2.27. The molecule has 0 saturated heterocycles. The van der Waals surface area contributed by atoms with Crippen LogP contribution >= 0.6 is 0 Å². The lowest BCUT2D eigenvalue weighted by Gasteiger charge is -2.12. The molecule has 2 nitrogen and oxygen atoms in total. The van der Waals surface area contributed by atoms with Crippen molar-refractivity contribution in [2.45, 2.75) is 20.3 Å². The molecule has 4 rings (SSSR count). The number of aromatic amines is 1. The molecular weight excluding hydrogens is 280 g/mol. The van der Waals surface area contributed by atoms with E-state index in [0.29, 0.717) is 0 Å². The quantitative estimate of drug-likeness (QED) is 0.539. The lowest BCUT2D eigenvalue weighted by atomic mass is 9.99. The van der Waals surface area contributed by atoms with E-state index in [0.717, 1.165) is 6.42 Å². The van der Waals surface area contributed by atoms with Crippen molar-refractivity contribution in [3.8, 4) is 5.69 Å². The minimum Gasteiger partial charge on any atom is -0.358 e. The monoisotopic (exact) mass is 300 g/mol. The van der Waals surface area contributed by atoms with E-state index in [2.05, 4.69) is 90.4 Å². The van der Waals surface area contributed by atoms with Gasteiger partial charge in [-0.1, -0.05) is 30.3 Å². The zero-order valence-electron chi connectivity index (χ0n) is 13.5. The predicted molar refractivity (Wildman–Crippen MR) is 96.3 cm³/mol. The van der Waals surface area contributed by atoms with Crippen LogP contribution in [-0.4, -0.2) is 9.55 Å². The first-order valence-corrected chi connectivity index (χ1v) is 8.01. The number of H-pyrrole nitrogens is 1. The van der Waals surface area contributed by atoms with E-state index in [1.807, 2.05) is 0 Å². The topological polar surface area (TPSA) is 20.7 Å². The van der Waals surface area contributed by atoms with Gasteiger partial charge in [0.1, 0.15) is 0 Å². The van der Waals surface area contributed by atoms with Crippen molar-refractivity contribution < 1.29 is 0 Å². The number of aryl methyl sites for hydroxylation is 2. The molecule has 0 aliphatic carbocycles. The maximum absolute atomic E-state index is 3.51. The van der Waals surface area contributed by atoms with Crippen LogP contribution in [-0.2, 0) is 6.42 Å². The molecule has 0 aliphatic heterocycles. The molecule has 2 heterocycles. The molecule has 0 unspecified atom stereocenters. The van der Waals surface area contributed by atoms with Gasteiger partial charge in [0, 0.05) is 41.1 Å². The molecule has 0 bridgehead atoms. The number of fused-ring (bicyclic) bond motifs is 1. The van der Waals surface area contributed by atoms with Gasteiger partial charge >= 0.3 is 0 Å². The van der Waals surface area contributed by atoms with Crippen LogP contribution in [0.25, 0.3) is 16.6 Å². The molecule has 0 amide bonds. The van der Waals surface area contributed by atoms with Gasteiger partial charge in [0.15, 0.2) is 0 Å². The van der Waals surface area contributed by atoms with Gasteiger partial charge in [-0.25, -0.2) is 0 Å². The summed E-state index contributed by atoms with van der Waals surface area (Å²) >= 11 is 0. The fourth-order valence-corrected chi connectivity index (χ4v) is 3.31. The van der Waals surface area contributed by atoms with Crippen molar-refractivity contribution in [1.82, 2.24) is 9.55 Å². The second-order valence-corrected chi connectivity index (χ2v) is 6.17. The van der Waals surface area contributed by atoms with Gasteiger partial charge in [0.2, 0.25) is 0 Å². The number of nitrogens with one attached hydrogen (secondary N) is 1. The Bertz CT molecular complexity index is 959. The first kappa shape index (κ1) is 13.9. The Morgan fingerprint density at radius 1 is 0.913 bits per heavy atom. The standard InChI is InChI=1S/C21H20N2/c1-15-9-10-17(21(13-15)23-11-5-6-12-23)14-19-16(2)22-20-8-4-3-7-18(19)20/h3-13,22H,14H2,1-2H3. The summed E-state index contributed by atoms with van der Waals surface area (Å²) in [6, 6.07) is 19.4. The van der Waals surface area contributed by atoms with Gasteiger partial charge in [0.25, 0.3) is 0 Å². The molecule has 0 atom stereocenters. The van der Waals surface area contributed by atoms with E-state index in [-0.39, 0.29) is 0 Å². The van der Waals surface area contributed by atoms with E-state index in [1.165, 1.54) is 39.0 Å². The van der Waals surface area contributed by atoms with Gasteiger partial charge < -0.3 is 9.55 Å². The number of rotatable bonds is 3. The average molecular weight is 300 g/mol. The summed E-state index contributed by atoms with van der Waals surface area (Å²) in [5.41, 5.74) is 7.75. The third-order valence-electron chi connectivity index (χ3n) is 4.52. The first-order chi connectivity index (χ1) is 11.2. The second kappa shape index (κ2) is 5.47. The number of nitrogens with zero attached hydrogens (tertiary/aromatic N) is 1. The van der Waals surface area contributed by atoms with E-state index in [4.69, 9.17) is 0 Å². The molecular formula is C21H20N2. The fraction of sp³-hybridized carbons (Fsp3) is 0.143. The van der Waals surface area contributed by atoms with Gasteiger partial charge in [0.05, 0.1) is 0 Å². The van der Waals surface area contributed by atoms with Crippen molar-refractivity contribution in [1.29, 1.82) is 0 Å². The van der Waals surface area contributed by atoms with E-state index < -0.39 is 0 Å². The van der Waals surface area contributed by atoms with Gasteiger partial charge in [-0.05, 0) is 54.8 Å². The summed E-state index contributed by atoms with van der Waals surface area (Å²) < 4.78 is 2.20. The Morgan fingerprint density at radius 2 is 1.70 bits per heavy atom. The van der Waals surface area contributed by atoms with Gasteiger partial charge in [-0.15, -0.1) is 0 Å². The second-order valence-electron chi connectivity index (χ2n) is 6.17. The summed E-state index contributed by atoms with van der Waals surface area (Å²) in [7, 11) is 0. The third-order valence-corrected chi connectivity index (χ3v) is 4.52. The Balaban J connectivity index is 1.84. The Kier molecular flexibility index (Phi) is 3.30. The molecule has 0 fully saturated rings. The first-order valence-electron chi connectivity index (χ1n) is 8.01. The summed E-state index contributed by atoms with van der Waals surface area (Å²) in [5.74, 6) is 0. The maximum Gasteiger partial charge on any atom is 0.0487 e. The molecule has 114 valence electrons. The summed E-state index contributed by atoms with van der Waals surface area (Å²) in [4.78, 5) is 3.51. The number of para-hydroxylation sites is 1. The molecule has 0 radical (unpaired) electrons. The normalized spacial score (nSPS) is 11.2. The highest BCUT2D eigenvalue weighted by molar-refractivity contribution is 5.85. The Labute approximate surface area is 136 Å². The van der Waals surface area contributed by atoms with Crippen molar-refractivity contribution in [3.05, 3.63) is 89.4 Å². The van der Waals surface area contributed by atoms with Gasteiger partial charge in [-0.3, -0.25) is 0 Å². The van der Waals surface area contributed by atoms with Crippen LogP contribution in [0.2, 0.25) is 0 Å². The van der Waals surface area contributed by atoms with Gasteiger partial charge in [-0.2, -0.15) is 0 Å². The minimum absolute atomic E-state index is 0.934. The fourth-order valence-electron chi connectivity index (χ4n) is 3.31. The summed E-state index contributed by atoms with van der Waals surface area (Å²) in [5, 5.41) is 1.32. The van der Waals surface area contributed by atoms with Crippen LogP contribution in [0.5, 0.6) is 0 Å². The lowest BCUT2D eigenvalue weighted by molar-refractivity contribution is 1.02. The molecule has 2 aromatic heterocycles. The Morgan fingerprint density at radius 3 is 2.52 bits per heavy atom. The van der Waals surface area contributed by atoms with Crippen molar-refractivity contribution >= 4 is 10.9 Å². The van der Waals surface area contributed by atoms with Crippen LogP contribution in [0.1, 0.15) is 22.4 Å². The maximum atomic E-state index is 3.51. The average Bonchev–Trinajstić information content (AvgIpc) is 3.18. The molecule has 0 aliphatic rings.